The number of nitrogens with one attached hydrogen (secondary N) is 1. The van der Waals surface area contributed by atoms with Crippen molar-refractivity contribution in [2.24, 2.45) is 46.3 Å². The van der Waals surface area contributed by atoms with Gasteiger partial charge in [0.15, 0.2) is 0 Å². The van der Waals surface area contributed by atoms with Gasteiger partial charge in [-0.05, 0) is 80.5 Å². The fourth-order valence-corrected chi connectivity index (χ4v) is 9.81. The van der Waals surface area contributed by atoms with Crippen molar-refractivity contribution in [2.75, 3.05) is 19.6 Å². The van der Waals surface area contributed by atoms with Crippen LogP contribution in [0.3, 0.4) is 0 Å². The van der Waals surface area contributed by atoms with Crippen LogP contribution in [0.1, 0.15) is 98.3 Å². The zero-order chi connectivity index (χ0) is 23.4. The molecule has 5 aliphatic rings. The lowest BCUT2D eigenvalue weighted by molar-refractivity contribution is -0.911. The molecular formula is C29H48ClNO3. The van der Waals surface area contributed by atoms with Gasteiger partial charge in [-0.3, -0.25) is 9.59 Å². The highest BCUT2D eigenvalue weighted by atomic mass is 35.5. The van der Waals surface area contributed by atoms with Crippen molar-refractivity contribution in [3.05, 3.63) is 0 Å². The lowest BCUT2D eigenvalue weighted by Crippen LogP contribution is -3.14. The number of piperidine rings is 1. The molecule has 1 saturated heterocycles. The maximum absolute atomic E-state index is 12.9. The molecule has 4 aliphatic carbocycles. The summed E-state index contributed by atoms with van der Waals surface area (Å²) < 4.78 is 6.26. The van der Waals surface area contributed by atoms with E-state index in [0.29, 0.717) is 29.5 Å². The summed E-state index contributed by atoms with van der Waals surface area (Å²) in [6.45, 7) is 13.0. The molecule has 5 rings (SSSR count). The predicted octanol–water partition coefficient (Wildman–Crippen LogP) is 1.46. The molecule has 0 radical (unpaired) electrons. The second kappa shape index (κ2) is 10.0. The largest absolute Gasteiger partial charge is 1.00 e. The molecule has 1 heterocycles. The van der Waals surface area contributed by atoms with Crippen LogP contribution in [0.2, 0.25) is 0 Å². The van der Waals surface area contributed by atoms with Gasteiger partial charge in [0, 0.05) is 30.1 Å². The number of carbonyl (C=O) groups is 2. The summed E-state index contributed by atoms with van der Waals surface area (Å²) in [6, 6.07) is 0. The number of halogens is 1. The molecule has 0 aromatic carbocycles. The third-order valence-electron chi connectivity index (χ3n) is 11.4. The van der Waals surface area contributed by atoms with Gasteiger partial charge in [-0.25, -0.2) is 0 Å². The van der Waals surface area contributed by atoms with E-state index in [1.807, 2.05) is 0 Å². The summed E-state index contributed by atoms with van der Waals surface area (Å²) >= 11 is 0. The Kier molecular flexibility index (Phi) is 7.81. The Hall–Kier alpha value is -0.610. The number of Topliss-reactive ketones (excluding diaryl/α,β-unsaturated/α-hetero) is 1. The van der Waals surface area contributed by atoms with E-state index in [1.165, 1.54) is 51.6 Å². The summed E-state index contributed by atoms with van der Waals surface area (Å²) in [5.74, 6) is 4.92. The molecule has 34 heavy (non-hydrogen) atoms. The number of hydrogen-bond acceptors (Lipinski definition) is 3. The van der Waals surface area contributed by atoms with E-state index in [9.17, 15) is 9.59 Å². The van der Waals surface area contributed by atoms with Crippen LogP contribution in [0.25, 0.3) is 0 Å². The second-order valence-corrected chi connectivity index (χ2v) is 13.6. The van der Waals surface area contributed by atoms with E-state index in [2.05, 4.69) is 27.7 Å². The monoisotopic (exact) mass is 493 g/mol. The van der Waals surface area contributed by atoms with Gasteiger partial charge in [0.1, 0.15) is 11.9 Å². The van der Waals surface area contributed by atoms with Crippen LogP contribution in [0.4, 0.5) is 0 Å². The third kappa shape index (κ3) is 4.72. The number of quaternary nitrogens is 1. The predicted molar refractivity (Wildman–Crippen MR) is 130 cm³/mol. The number of esters is 1. The van der Waals surface area contributed by atoms with Gasteiger partial charge in [0.05, 0.1) is 26.1 Å². The van der Waals surface area contributed by atoms with Crippen LogP contribution in [0, 0.1) is 46.3 Å². The normalized spacial score (nSPS) is 48.2. The van der Waals surface area contributed by atoms with Crippen molar-refractivity contribution in [1.82, 2.24) is 0 Å². The van der Waals surface area contributed by atoms with Crippen molar-refractivity contribution in [1.29, 1.82) is 0 Å². The van der Waals surface area contributed by atoms with Crippen molar-refractivity contribution >= 4 is 11.8 Å². The lowest BCUT2D eigenvalue weighted by atomic mass is 9.45. The molecule has 4 saturated carbocycles. The molecule has 0 spiro atoms. The lowest BCUT2D eigenvalue weighted by Gasteiger charge is -2.60. The summed E-state index contributed by atoms with van der Waals surface area (Å²) in [5, 5.41) is 0. The fraction of sp³-hybridized carbons (Fsp3) is 0.931. The first-order valence-electron chi connectivity index (χ1n) is 14.2. The topological polar surface area (TPSA) is 47.8 Å². The molecular weight excluding hydrogens is 446 g/mol. The maximum atomic E-state index is 12.9. The van der Waals surface area contributed by atoms with Crippen molar-refractivity contribution in [2.45, 2.75) is 104 Å². The molecule has 0 aromatic heterocycles. The average molecular weight is 494 g/mol. The van der Waals surface area contributed by atoms with Gasteiger partial charge in [0.2, 0.25) is 0 Å². The second-order valence-electron chi connectivity index (χ2n) is 13.6. The van der Waals surface area contributed by atoms with Crippen LogP contribution in [-0.2, 0) is 14.3 Å². The van der Waals surface area contributed by atoms with Gasteiger partial charge in [0.25, 0.3) is 0 Å². The van der Waals surface area contributed by atoms with Crippen molar-refractivity contribution in [3.63, 3.8) is 0 Å². The van der Waals surface area contributed by atoms with Crippen LogP contribution >= 0.6 is 0 Å². The molecule has 0 bridgehead atoms. The Morgan fingerprint density at radius 3 is 2.41 bits per heavy atom. The van der Waals surface area contributed by atoms with Gasteiger partial charge in [-0.15, -0.1) is 0 Å². The van der Waals surface area contributed by atoms with Crippen LogP contribution in [0.15, 0.2) is 0 Å². The van der Waals surface area contributed by atoms with Crippen molar-refractivity contribution in [3.8, 4) is 0 Å². The SMILES string of the molecule is CC1CC(C)C[NH+](CCC(=O)OC2CCC3C4CCC5CC(=O)CCC5(C)C4CCC23C)C1.[Cl-]. The minimum absolute atomic E-state index is 0. The Morgan fingerprint density at radius 1 is 0.971 bits per heavy atom. The van der Waals surface area contributed by atoms with Gasteiger partial charge >= 0.3 is 5.97 Å². The summed E-state index contributed by atoms with van der Waals surface area (Å²) in [4.78, 5) is 26.6. The molecule has 1 N–H and O–H groups in total. The number of likely N-dealkylation sites (tertiary alicyclic amines) is 1. The minimum atomic E-state index is 0. The molecule has 5 heteroatoms. The Morgan fingerprint density at radius 2 is 1.68 bits per heavy atom. The zero-order valence-corrected chi connectivity index (χ0v) is 22.8. The van der Waals surface area contributed by atoms with Gasteiger partial charge in [-0.1, -0.05) is 27.7 Å². The molecule has 1 aliphatic heterocycles. The van der Waals surface area contributed by atoms with E-state index in [4.69, 9.17) is 4.74 Å². The smallest absolute Gasteiger partial charge is 0.311 e. The molecule has 0 amide bonds. The molecule has 9 atom stereocenters. The summed E-state index contributed by atoms with van der Waals surface area (Å²) in [6.07, 6.45) is 12.0. The number of carbonyl (C=O) groups excluding carboxylic acids is 2. The molecule has 4 nitrogen and oxygen atoms in total. The van der Waals surface area contributed by atoms with Crippen LogP contribution < -0.4 is 17.3 Å². The first kappa shape index (κ1) is 26.5. The number of rotatable bonds is 4. The highest BCUT2D eigenvalue weighted by molar-refractivity contribution is 5.79. The summed E-state index contributed by atoms with van der Waals surface area (Å²) in [7, 11) is 0. The Bertz CT molecular complexity index is 762. The van der Waals surface area contributed by atoms with Crippen LogP contribution in [-0.4, -0.2) is 37.5 Å². The van der Waals surface area contributed by atoms with E-state index in [-0.39, 0.29) is 29.9 Å². The Labute approximate surface area is 213 Å². The number of hydrogen-bond donors (Lipinski definition) is 1. The van der Waals surface area contributed by atoms with E-state index < -0.39 is 0 Å². The van der Waals surface area contributed by atoms with Crippen molar-refractivity contribution < 1.29 is 31.6 Å². The zero-order valence-electron chi connectivity index (χ0n) is 22.0. The third-order valence-corrected chi connectivity index (χ3v) is 11.4. The van der Waals surface area contributed by atoms with E-state index >= 15 is 0 Å². The quantitative estimate of drug-likeness (QED) is 0.603. The van der Waals surface area contributed by atoms with E-state index in [0.717, 1.165) is 55.9 Å². The number of ketones is 1. The standard InChI is InChI=1S/C29H47NO3.ClH/c1-19-15-20(2)18-30(17-19)14-11-27(32)33-26-8-7-24-23-6-5-21-16-22(31)9-12-28(21,3)25(23)10-13-29(24,26)4;/h19-21,23-26H,5-18H2,1-4H3;1H. The number of fused-ring (bicyclic) bond motifs is 5. The first-order valence-corrected chi connectivity index (χ1v) is 14.2. The molecule has 5 fully saturated rings. The van der Waals surface area contributed by atoms with Crippen LogP contribution in [0.5, 0.6) is 0 Å². The van der Waals surface area contributed by atoms with E-state index in [1.54, 1.807) is 4.90 Å². The Balaban J connectivity index is 0.00000274. The number of ether oxygens (including phenoxy) is 1. The highest BCUT2D eigenvalue weighted by Gasteiger charge is 2.61. The molecule has 0 aromatic rings. The molecule has 9 unspecified atom stereocenters. The highest BCUT2D eigenvalue weighted by Crippen LogP contribution is 2.66. The minimum Gasteiger partial charge on any atom is -1.00 e. The average Bonchev–Trinajstić information content (AvgIpc) is 3.08. The maximum Gasteiger partial charge on any atom is 0.311 e. The van der Waals surface area contributed by atoms with Gasteiger partial charge in [-0.2, -0.15) is 0 Å². The summed E-state index contributed by atoms with van der Waals surface area (Å²) in [5.41, 5.74) is 0.518. The molecule has 194 valence electrons. The van der Waals surface area contributed by atoms with Gasteiger partial charge < -0.3 is 22.0 Å². The fourth-order valence-electron chi connectivity index (χ4n) is 9.81. The first-order chi connectivity index (χ1) is 15.7.